The number of nitro benzene ring substituents is 1. The number of carbonyl (C=O) groups excluding carboxylic acids is 5. The number of rotatable bonds is 17. The fraction of sp³-hybridized carbons (Fsp3) is 0.308. The molecular weight excluding hydrogens is 588 g/mol. The van der Waals surface area contributed by atoms with Crippen LogP contribution in [-0.4, -0.2) is 91.5 Å². The highest BCUT2D eigenvalue weighted by atomic mass is 16.7. The largest absolute Gasteiger partial charge is 0.513 e. The highest BCUT2D eigenvalue weighted by Gasteiger charge is 2.22. The lowest BCUT2D eigenvalue weighted by molar-refractivity contribution is -0.384. The number of nitrogens with one attached hydrogen (secondary N) is 5. The SMILES string of the molecule is O=C(O)NCC(=O)NCC(=O)N[C@@H](Cc1ccccc1)C(=O)NCC(=O)NCOCCOC(=O)Oc1ccc([N+](=O)[O-])cc1. The first-order chi connectivity index (χ1) is 21.0. The van der Waals surface area contributed by atoms with Gasteiger partial charge in [-0.05, 0) is 17.7 Å². The molecule has 6 N–H and O–H groups in total. The molecule has 5 amide bonds. The summed E-state index contributed by atoms with van der Waals surface area (Å²) in [6.07, 6.45) is -2.40. The van der Waals surface area contributed by atoms with Crippen LogP contribution in [-0.2, 0) is 35.1 Å². The van der Waals surface area contributed by atoms with Gasteiger partial charge in [-0.1, -0.05) is 30.3 Å². The van der Waals surface area contributed by atoms with E-state index in [-0.39, 0.29) is 37.8 Å². The third-order valence-corrected chi connectivity index (χ3v) is 5.27. The van der Waals surface area contributed by atoms with Crippen molar-refractivity contribution in [1.82, 2.24) is 26.6 Å². The van der Waals surface area contributed by atoms with Crippen molar-refractivity contribution in [2.45, 2.75) is 12.5 Å². The van der Waals surface area contributed by atoms with Gasteiger partial charge in [0.25, 0.3) is 5.69 Å². The summed E-state index contributed by atoms with van der Waals surface area (Å²) >= 11 is 0. The van der Waals surface area contributed by atoms with Crippen molar-refractivity contribution in [2.24, 2.45) is 0 Å². The Hall–Kier alpha value is -5.78. The lowest BCUT2D eigenvalue weighted by Crippen LogP contribution is -2.52. The molecule has 2 aromatic carbocycles. The molecule has 18 nitrogen and oxygen atoms in total. The van der Waals surface area contributed by atoms with Crippen LogP contribution in [0.4, 0.5) is 15.3 Å². The predicted octanol–water partition coefficient (Wildman–Crippen LogP) is -0.572. The van der Waals surface area contributed by atoms with Crippen LogP contribution in [0.2, 0.25) is 0 Å². The molecule has 2 rings (SSSR count). The van der Waals surface area contributed by atoms with Gasteiger partial charge in [0.2, 0.25) is 23.6 Å². The molecule has 0 aromatic heterocycles. The Kier molecular flexibility index (Phi) is 14.6. The van der Waals surface area contributed by atoms with E-state index in [1.54, 1.807) is 30.3 Å². The maximum Gasteiger partial charge on any atom is 0.513 e. The second-order valence-electron chi connectivity index (χ2n) is 8.57. The minimum Gasteiger partial charge on any atom is -0.465 e. The minimum atomic E-state index is -1.41. The van der Waals surface area contributed by atoms with Gasteiger partial charge in [-0.15, -0.1) is 0 Å². The van der Waals surface area contributed by atoms with Crippen molar-refractivity contribution < 1.29 is 53.0 Å². The quantitative estimate of drug-likeness (QED) is 0.0325. The van der Waals surface area contributed by atoms with Crippen molar-refractivity contribution in [3.63, 3.8) is 0 Å². The number of nitro groups is 1. The van der Waals surface area contributed by atoms with Gasteiger partial charge in [0, 0.05) is 18.6 Å². The van der Waals surface area contributed by atoms with Crippen LogP contribution in [0.25, 0.3) is 0 Å². The zero-order chi connectivity index (χ0) is 32.3. The number of ether oxygens (including phenoxy) is 3. The third kappa shape index (κ3) is 14.2. The molecule has 2 aromatic rings. The van der Waals surface area contributed by atoms with Gasteiger partial charge in [-0.3, -0.25) is 29.3 Å². The molecule has 0 unspecified atom stereocenters. The van der Waals surface area contributed by atoms with Gasteiger partial charge in [0.05, 0.1) is 31.2 Å². The second kappa shape index (κ2) is 18.6. The third-order valence-electron chi connectivity index (χ3n) is 5.27. The molecule has 236 valence electrons. The Bertz CT molecular complexity index is 1310. The zero-order valence-corrected chi connectivity index (χ0v) is 23.1. The molecule has 0 heterocycles. The zero-order valence-electron chi connectivity index (χ0n) is 23.1. The Morgan fingerprint density at radius 3 is 2.09 bits per heavy atom. The lowest BCUT2D eigenvalue weighted by Gasteiger charge is -2.19. The summed E-state index contributed by atoms with van der Waals surface area (Å²) in [4.78, 5) is 81.0. The fourth-order valence-corrected chi connectivity index (χ4v) is 3.20. The summed E-state index contributed by atoms with van der Waals surface area (Å²) in [7, 11) is 0. The molecule has 0 saturated carbocycles. The molecule has 0 radical (unpaired) electrons. The van der Waals surface area contributed by atoms with E-state index in [1.807, 2.05) is 5.32 Å². The van der Waals surface area contributed by atoms with E-state index in [0.717, 1.165) is 12.1 Å². The van der Waals surface area contributed by atoms with Crippen LogP contribution in [0.5, 0.6) is 5.75 Å². The molecule has 44 heavy (non-hydrogen) atoms. The van der Waals surface area contributed by atoms with Gasteiger partial charge in [-0.25, -0.2) is 9.59 Å². The van der Waals surface area contributed by atoms with Crippen molar-refractivity contribution in [2.75, 3.05) is 39.6 Å². The Labute approximate surface area is 249 Å². The minimum absolute atomic E-state index is 0.0405. The number of amides is 5. The summed E-state index contributed by atoms with van der Waals surface area (Å²) < 4.78 is 14.8. The highest BCUT2D eigenvalue weighted by molar-refractivity contribution is 5.92. The Morgan fingerprint density at radius 1 is 0.795 bits per heavy atom. The first kappa shape index (κ1) is 34.4. The first-order valence-electron chi connectivity index (χ1n) is 12.8. The van der Waals surface area contributed by atoms with Crippen LogP contribution >= 0.6 is 0 Å². The molecule has 0 aliphatic heterocycles. The molecule has 1 atom stereocenters. The number of benzene rings is 2. The number of nitrogens with zero attached hydrogens (tertiary/aromatic N) is 1. The van der Waals surface area contributed by atoms with Crippen LogP contribution in [0.3, 0.4) is 0 Å². The van der Waals surface area contributed by atoms with Gasteiger partial charge in [-0.2, -0.15) is 0 Å². The number of carboxylic acid groups (broad SMARTS) is 1. The van der Waals surface area contributed by atoms with Gasteiger partial charge in [0.1, 0.15) is 25.1 Å². The molecule has 0 aliphatic rings. The van der Waals surface area contributed by atoms with E-state index in [0.29, 0.717) is 5.56 Å². The number of non-ortho nitro benzene ring substituents is 1. The second-order valence-corrected chi connectivity index (χ2v) is 8.57. The van der Waals surface area contributed by atoms with E-state index < -0.39 is 66.5 Å². The Morgan fingerprint density at radius 2 is 1.43 bits per heavy atom. The van der Waals surface area contributed by atoms with Crippen LogP contribution < -0.4 is 31.3 Å². The van der Waals surface area contributed by atoms with Crippen molar-refractivity contribution >= 4 is 41.6 Å². The summed E-state index contributed by atoms with van der Waals surface area (Å²) in [6.45, 7) is -2.16. The van der Waals surface area contributed by atoms with Gasteiger partial charge >= 0.3 is 12.2 Å². The van der Waals surface area contributed by atoms with Gasteiger partial charge in [0.15, 0.2) is 0 Å². The lowest BCUT2D eigenvalue weighted by atomic mass is 10.1. The van der Waals surface area contributed by atoms with Crippen molar-refractivity contribution in [1.29, 1.82) is 0 Å². The summed E-state index contributed by atoms with van der Waals surface area (Å²) in [6, 6.07) is 12.4. The summed E-state index contributed by atoms with van der Waals surface area (Å²) in [5, 5.41) is 30.5. The average Bonchev–Trinajstić information content (AvgIpc) is 2.99. The smallest absolute Gasteiger partial charge is 0.465 e. The normalized spacial score (nSPS) is 10.8. The number of carbonyl (C=O) groups is 6. The standard InChI is InChI=1S/C26H30N6O12/c33-21(14-29-25(37)38)27-15-23(35)31-20(12-17-4-2-1-3-5-17)24(36)28-13-22(34)30-16-42-10-11-43-26(39)44-19-8-6-18(7-9-19)32(40)41/h1-9,20,29H,10-16H2,(H,27,33)(H,28,36)(H,30,34)(H,31,35)(H,37,38)/t20-/m0/s1. The van der Waals surface area contributed by atoms with Crippen LogP contribution in [0, 0.1) is 10.1 Å². The van der Waals surface area contributed by atoms with Crippen LogP contribution in [0.15, 0.2) is 54.6 Å². The molecule has 0 bridgehead atoms. The molecule has 0 fully saturated rings. The van der Waals surface area contributed by atoms with E-state index in [1.165, 1.54) is 12.1 Å². The van der Waals surface area contributed by atoms with E-state index in [4.69, 9.17) is 19.3 Å². The molecule has 0 spiro atoms. The molecular formula is C26H30N6O12. The topological polar surface area (TPSA) is 254 Å². The first-order valence-corrected chi connectivity index (χ1v) is 12.8. The maximum atomic E-state index is 12.8. The van der Waals surface area contributed by atoms with Crippen molar-refractivity contribution in [3.8, 4) is 5.75 Å². The monoisotopic (exact) mass is 618 g/mol. The molecule has 18 heteroatoms. The summed E-state index contributed by atoms with van der Waals surface area (Å²) in [5.41, 5.74) is 0.534. The van der Waals surface area contributed by atoms with Crippen molar-refractivity contribution in [3.05, 3.63) is 70.3 Å². The molecule has 0 saturated heterocycles. The van der Waals surface area contributed by atoms with E-state index in [9.17, 15) is 38.9 Å². The van der Waals surface area contributed by atoms with E-state index >= 15 is 0 Å². The average molecular weight is 619 g/mol. The molecule has 0 aliphatic carbocycles. The summed E-state index contributed by atoms with van der Waals surface area (Å²) in [5.74, 6) is -2.74. The number of hydrogen-bond acceptors (Lipinski definition) is 11. The van der Waals surface area contributed by atoms with Gasteiger partial charge < -0.3 is 45.9 Å². The number of hydrogen-bond donors (Lipinski definition) is 6. The maximum absolute atomic E-state index is 12.8. The predicted molar refractivity (Wildman–Crippen MR) is 148 cm³/mol. The fourth-order valence-electron chi connectivity index (χ4n) is 3.20. The highest BCUT2D eigenvalue weighted by Crippen LogP contribution is 2.17. The Balaban J connectivity index is 1.69. The van der Waals surface area contributed by atoms with E-state index in [2.05, 4.69) is 21.3 Å². The van der Waals surface area contributed by atoms with Crippen LogP contribution in [0.1, 0.15) is 5.56 Å².